The Labute approximate surface area is 469 Å². The van der Waals surface area contributed by atoms with Crippen molar-refractivity contribution in [1.29, 1.82) is 0 Å². The number of fused-ring (bicyclic) bond motifs is 4. The van der Waals surface area contributed by atoms with Gasteiger partial charge in [0.15, 0.2) is 34.4 Å². The Hall–Kier alpha value is -10.4. The zero-order valence-corrected chi connectivity index (χ0v) is 45.3. The molecule has 0 saturated carbocycles. The average molecular weight is 1130 g/mol. The minimum Gasteiger partial charge on any atom is -0.488 e. The highest BCUT2D eigenvalue weighted by Gasteiger charge is 2.29. The number of nitrogen functional groups attached to an aromatic ring is 2. The number of H-pyrrole nitrogens is 1. The van der Waals surface area contributed by atoms with Crippen LogP contribution in [0.3, 0.4) is 0 Å². The first kappa shape index (κ1) is 55.9. The second-order valence-electron chi connectivity index (χ2n) is 19.4. The van der Waals surface area contributed by atoms with Crippen molar-refractivity contribution in [2.24, 2.45) is 0 Å². The zero-order chi connectivity index (χ0) is 58.8. The fraction of sp³-hybridized carbons (Fsp3) is 0.167. The van der Waals surface area contributed by atoms with Gasteiger partial charge in [-0.2, -0.15) is 19.0 Å². The number of nitrogens with zero attached hydrogens (tertiary/aromatic N) is 11. The van der Waals surface area contributed by atoms with Crippen molar-refractivity contribution in [3.63, 3.8) is 0 Å². The topological polar surface area (TPSA) is 259 Å². The summed E-state index contributed by atoms with van der Waals surface area (Å²) in [7, 11) is 0. The van der Waals surface area contributed by atoms with Crippen molar-refractivity contribution in [3.05, 3.63) is 202 Å². The number of anilines is 2. The fourth-order valence-corrected chi connectivity index (χ4v) is 9.28. The first-order chi connectivity index (χ1) is 39.9. The van der Waals surface area contributed by atoms with Crippen molar-refractivity contribution in [2.75, 3.05) is 11.5 Å². The van der Waals surface area contributed by atoms with Crippen LogP contribution in [0, 0.1) is 23.3 Å². The highest BCUT2D eigenvalue weighted by atomic mass is 19.2. The number of ether oxygens (including phenoxy) is 2. The molecule has 0 radical (unpaired) electrons. The van der Waals surface area contributed by atoms with E-state index in [0.717, 1.165) is 0 Å². The van der Waals surface area contributed by atoms with Crippen LogP contribution in [0.1, 0.15) is 65.3 Å². The van der Waals surface area contributed by atoms with Gasteiger partial charge in [0.25, 0.3) is 11.1 Å². The van der Waals surface area contributed by atoms with Gasteiger partial charge in [-0.25, -0.2) is 43.4 Å². The summed E-state index contributed by atoms with van der Waals surface area (Å²) in [6.45, 7) is 10.3. The highest BCUT2D eigenvalue weighted by Crippen LogP contribution is 2.38. The molecule has 6 heterocycles. The molecule has 12 aromatic rings. The van der Waals surface area contributed by atoms with E-state index in [1.54, 1.807) is 90.1 Å². The summed E-state index contributed by atoms with van der Waals surface area (Å²) >= 11 is 0. The molecule has 0 aliphatic carbocycles. The first-order valence-corrected chi connectivity index (χ1v) is 26.0. The Bertz CT molecular complexity index is 4500. The van der Waals surface area contributed by atoms with E-state index in [2.05, 4.69) is 40.2 Å². The van der Waals surface area contributed by atoms with Gasteiger partial charge >= 0.3 is 0 Å². The summed E-state index contributed by atoms with van der Waals surface area (Å²) < 4.78 is 74.1. The summed E-state index contributed by atoms with van der Waals surface area (Å²) in [5, 5.41) is 22.7. The number of aliphatic hydroxyl groups excluding tert-OH is 1. The third-order valence-corrected chi connectivity index (χ3v) is 13.0. The normalized spacial score (nSPS) is 12.1. The molecule has 420 valence electrons. The van der Waals surface area contributed by atoms with Crippen LogP contribution >= 0.6 is 0 Å². The van der Waals surface area contributed by atoms with Gasteiger partial charge in [0, 0.05) is 11.1 Å². The van der Waals surface area contributed by atoms with Gasteiger partial charge in [-0.3, -0.25) is 23.8 Å². The number of rotatable bonds is 11. The number of hydrogen-bond donors (Lipinski definition) is 4. The van der Waals surface area contributed by atoms with Crippen LogP contribution in [-0.2, 0) is 0 Å². The van der Waals surface area contributed by atoms with Crippen molar-refractivity contribution in [1.82, 2.24) is 59.0 Å². The molecule has 83 heavy (non-hydrogen) atoms. The molecule has 0 aliphatic rings. The fourth-order valence-electron chi connectivity index (χ4n) is 9.28. The molecule has 0 unspecified atom stereocenters. The maximum atomic E-state index is 15.5. The van der Waals surface area contributed by atoms with E-state index in [1.165, 1.54) is 50.7 Å². The van der Waals surface area contributed by atoms with Gasteiger partial charge in [0.05, 0.1) is 61.9 Å². The van der Waals surface area contributed by atoms with Gasteiger partial charge in [-0.05, 0) is 114 Å². The van der Waals surface area contributed by atoms with Gasteiger partial charge < -0.3 is 26.0 Å². The quantitative estimate of drug-likeness (QED) is 0.0878. The van der Waals surface area contributed by atoms with E-state index >= 15 is 8.78 Å². The van der Waals surface area contributed by atoms with Crippen LogP contribution in [0.25, 0.3) is 77.8 Å². The predicted molar refractivity (Wildman–Crippen MR) is 307 cm³/mol. The van der Waals surface area contributed by atoms with E-state index in [1.807, 2.05) is 60.7 Å². The van der Waals surface area contributed by atoms with Gasteiger partial charge in [-0.1, -0.05) is 60.7 Å². The number of nitrogens with one attached hydrogen (secondary N) is 1. The number of aromatic amines is 1. The third kappa shape index (κ3) is 10.9. The number of para-hydroxylation sites is 4. The summed E-state index contributed by atoms with van der Waals surface area (Å²) in [6.07, 6.45) is 1.07. The van der Waals surface area contributed by atoms with Crippen molar-refractivity contribution in [3.8, 4) is 45.4 Å². The zero-order valence-electron chi connectivity index (χ0n) is 45.3. The molecule has 0 amide bonds. The molecule has 19 nitrogen and oxygen atoms in total. The lowest BCUT2D eigenvalue weighted by Gasteiger charge is -2.19. The van der Waals surface area contributed by atoms with Crippen LogP contribution < -0.4 is 32.1 Å². The molecule has 0 fully saturated rings. The van der Waals surface area contributed by atoms with Gasteiger partial charge in [-0.15, -0.1) is 0 Å². The molecular weight excluding hydrogens is 1070 g/mol. The molecular formula is C60H52F4N14O5. The Morgan fingerprint density at radius 1 is 0.542 bits per heavy atom. The molecule has 0 aliphatic heterocycles. The van der Waals surface area contributed by atoms with E-state index < -0.39 is 35.4 Å². The van der Waals surface area contributed by atoms with Crippen molar-refractivity contribution >= 4 is 55.5 Å². The Kier molecular flexibility index (Phi) is 15.7. The summed E-state index contributed by atoms with van der Waals surface area (Å²) in [5.41, 5.74) is 14.7. The second kappa shape index (κ2) is 23.3. The largest absolute Gasteiger partial charge is 0.488 e. The van der Waals surface area contributed by atoms with E-state index in [0.29, 0.717) is 50.2 Å². The number of aliphatic hydroxyl groups is 1. The van der Waals surface area contributed by atoms with Gasteiger partial charge in [0.2, 0.25) is 11.6 Å². The summed E-state index contributed by atoms with van der Waals surface area (Å²) in [4.78, 5) is 51.9. The SMILES string of the molecule is CC(C)Oc1ccc(-c2[nH]nc3ncnc(N)c23)c(F)c1F.CC(C)Oc1ccc(-c2nn([C@H](C)c3nc4ccccc4c(=O)n3-c3ccccc3)c3ncnc(N)c23)c(F)c1F.C[C@H](O)c1nc2ccccc2c(=O)n1-c1ccccc1. The minimum atomic E-state index is -1.14. The van der Waals surface area contributed by atoms with Crippen LogP contribution in [0.4, 0.5) is 29.2 Å². The van der Waals surface area contributed by atoms with Crippen LogP contribution in [0.5, 0.6) is 11.5 Å². The lowest BCUT2D eigenvalue weighted by atomic mass is 10.1. The van der Waals surface area contributed by atoms with E-state index in [9.17, 15) is 23.5 Å². The Morgan fingerprint density at radius 3 is 1.55 bits per heavy atom. The predicted octanol–water partition coefficient (Wildman–Crippen LogP) is 10.6. The van der Waals surface area contributed by atoms with Crippen molar-refractivity contribution in [2.45, 2.75) is 65.9 Å². The maximum Gasteiger partial charge on any atom is 0.266 e. The minimum absolute atomic E-state index is 0.0161. The summed E-state index contributed by atoms with van der Waals surface area (Å²) in [5.74, 6) is -3.88. The lowest BCUT2D eigenvalue weighted by molar-refractivity contribution is 0.186. The number of nitrogens with two attached hydrogens (primary N) is 2. The maximum absolute atomic E-state index is 15.5. The first-order valence-electron chi connectivity index (χ1n) is 26.0. The number of aromatic nitrogens is 12. The monoisotopic (exact) mass is 1120 g/mol. The van der Waals surface area contributed by atoms with E-state index in [-0.39, 0.29) is 85.7 Å². The summed E-state index contributed by atoms with van der Waals surface area (Å²) in [6, 6.07) is 37.3. The average Bonchev–Trinajstić information content (AvgIpc) is 3.85. The molecule has 0 saturated heterocycles. The second-order valence-corrected chi connectivity index (χ2v) is 19.4. The van der Waals surface area contributed by atoms with Gasteiger partial charge in [0.1, 0.15) is 53.8 Å². The standard InChI is InChI=1S/C30H25F2N7O2.C16H14N2O2.C14H13F2N5O/c1-16(2)41-22-14-13-20(24(31)25(22)32)26-23-27(33)34-15-35-29(23)39(37-26)17(3)28-36-21-12-8-7-11-19(21)30(40)38(28)18-9-5-4-6-10-18;1-11(19)15-17-14-10-6-5-9-13(14)16(20)18(15)12-7-3-2-4-8-12;1-6(2)22-8-4-3-7(10(15)11(8)16)12-9-13(17)18-5-19-14(9)21-20-12/h4-17H,1-3H3,(H2,33,34,35);2-11,19H,1H3;3-6H,1-2H3,(H3,17,18,19,20,21)/t17-;11-;/m10./s1. The third-order valence-electron chi connectivity index (χ3n) is 13.0. The highest BCUT2D eigenvalue weighted by molar-refractivity contribution is 5.99. The van der Waals surface area contributed by atoms with Crippen LogP contribution in [0.15, 0.2) is 156 Å². The van der Waals surface area contributed by atoms with E-state index in [4.69, 9.17) is 25.9 Å². The molecule has 2 atom stereocenters. The molecule has 6 N–H and O–H groups in total. The Morgan fingerprint density at radius 2 is 1.01 bits per heavy atom. The lowest BCUT2D eigenvalue weighted by Crippen LogP contribution is -2.27. The number of benzene rings is 6. The molecule has 0 spiro atoms. The Balaban J connectivity index is 0.000000154. The molecule has 12 rings (SSSR count). The van der Waals surface area contributed by atoms with Crippen molar-refractivity contribution < 1.29 is 32.1 Å². The molecule has 6 aromatic carbocycles. The molecule has 0 bridgehead atoms. The van der Waals surface area contributed by atoms with Crippen LogP contribution in [-0.4, -0.2) is 76.3 Å². The van der Waals surface area contributed by atoms with Crippen LogP contribution in [0.2, 0.25) is 0 Å². The number of halogens is 4. The smallest absolute Gasteiger partial charge is 0.266 e. The number of hydrogen-bond acceptors (Lipinski definition) is 15. The molecule has 23 heteroatoms. The molecule has 6 aromatic heterocycles.